The second-order valence-corrected chi connectivity index (χ2v) is 6.61. The van der Waals surface area contributed by atoms with Crippen LogP contribution in [-0.2, 0) is 11.2 Å². The maximum atomic E-state index is 12.7. The van der Waals surface area contributed by atoms with Crippen LogP contribution in [0.2, 0.25) is 0 Å². The number of hydrogen-bond donors (Lipinski definition) is 1. The molecule has 0 atom stereocenters. The number of carbonyl (C=O) groups is 1. The average molecular weight is 377 g/mol. The summed E-state index contributed by atoms with van der Waals surface area (Å²) < 4.78 is 7.23. The zero-order valence-electron chi connectivity index (χ0n) is 15.6. The lowest BCUT2D eigenvalue weighted by Crippen LogP contribution is -2.38. The number of ether oxygens (including phenoxy) is 1. The molecule has 3 heterocycles. The summed E-state index contributed by atoms with van der Waals surface area (Å²) in [4.78, 5) is 19.2. The van der Waals surface area contributed by atoms with E-state index in [0.717, 1.165) is 30.2 Å². The third-order valence-corrected chi connectivity index (χ3v) is 4.70. The molecular formula is C21H23N5O2. The molecule has 0 radical (unpaired) electrons. The number of para-hydroxylation sites is 1. The molecule has 1 aromatic carbocycles. The Bertz CT molecular complexity index is 919. The normalized spacial score (nSPS) is 14.1. The standard InChI is InChI=1S/C21H23N5O2/c27-21(19-7-4-9-22-20(19)25-11-13-28-14-12-25)23-10-8-17-15-24-26(16-17)18-5-2-1-3-6-18/h1-7,9,15-16H,8,10-14H2,(H,23,27). The fraction of sp³-hybridized carbons (Fsp3) is 0.286. The number of aromatic nitrogens is 3. The summed E-state index contributed by atoms with van der Waals surface area (Å²) >= 11 is 0. The molecule has 4 rings (SSSR count). The van der Waals surface area contributed by atoms with Crippen molar-refractivity contribution in [3.05, 3.63) is 72.2 Å². The Labute approximate surface area is 164 Å². The molecule has 0 aliphatic carbocycles. The van der Waals surface area contributed by atoms with Crippen molar-refractivity contribution in [2.24, 2.45) is 0 Å². The number of carbonyl (C=O) groups excluding carboxylic acids is 1. The van der Waals surface area contributed by atoms with Gasteiger partial charge in [-0.15, -0.1) is 0 Å². The number of pyridine rings is 1. The van der Waals surface area contributed by atoms with Crippen molar-refractivity contribution in [1.29, 1.82) is 0 Å². The second kappa shape index (κ2) is 8.67. The topological polar surface area (TPSA) is 72.3 Å². The Hall–Kier alpha value is -3.19. The van der Waals surface area contributed by atoms with Gasteiger partial charge >= 0.3 is 0 Å². The minimum absolute atomic E-state index is 0.106. The van der Waals surface area contributed by atoms with Crippen molar-refractivity contribution in [1.82, 2.24) is 20.1 Å². The molecule has 7 nitrogen and oxygen atoms in total. The van der Waals surface area contributed by atoms with E-state index in [4.69, 9.17) is 4.74 Å². The van der Waals surface area contributed by atoms with Gasteiger partial charge < -0.3 is 15.0 Å². The van der Waals surface area contributed by atoms with E-state index in [-0.39, 0.29) is 5.91 Å². The Morgan fingerprint density at radius 1 is 1.11 bits per heavy atom. The SMILES string of the molecule is O=C(NCCc1cnn(-c2ccccc2)c1)c1cccnc1N1CCOCC1. The predicted molar refractivity (Wildman–Crippen MR) is 107 cm³/mol. The van der Waals surface area contributed by atoms with Gasteiger partial charge in [0, 0.05) is 32.0 Å². The molecule has 7 heteroatoms. The van der Waals surface area contributed by atoms with Crippen LogP contribution in [0, 0.1) is 0 Å². The van der Waals surface area contributed by atoms with Gasteiger partial charge in [-0.25, -0.2) is 9.67 Å². The number of hydrogen-bond acceptors (Lipinski definition) is 5. The van der Waals surface area contributed by atoms with Gasteiger partial charge in [-0.05, 0) is 36.2 Å². The molecule has 144 valence electrons. The van der Waals surface area contributed by atoms with Gasteiger partial charge in [0.25, 0.3) is 5.91 Å². The summed E-state index contributed by atoms with van der Waals surface area (Å²) in [5.41, 5.74) is 2.69. The van der Waals surface area contributed by atoms with Crippen LogP contribution in [0.15, 0.2) is 61.1 Å². The largest absolute Gasteiger partial charge is 0.378 e. The first-order chi connectivity index (χ1) is 13.8. The molecule has 2 aromatic heterocycles. The molecule has 0 saturated carbocycles. The van der Waals surface area contributed by atoms with Gasteiger partial charge in [0.15, 0.2) is 0 Å². The van der Waals surface area contributed by atoms with Gasteiger partial charge in [-0.1, -0.05) is 18.2 Å². The highest BCUT2D eigenvalue weighted by atomic mass is 16.5. The first-order valence-corrected chi connectivity index (χ1v) is 9.46. The van der Waals surface area contributed by atoms with Gasteiger partial charge in [0.05, 0.1) is 30.7 Å². The van der Waals surface area contributed by atoms with Crippen LogP contribution >= 0.6 is 0 Å². The van der Waals surface area contributed by atoms with E-state index in [1.54, 1.807) is 12.3 Å². The lowest BCUT2D eigenvalue weighted by molar-refractivity contribution is 0.0952. The number of anilines is 1. The minimum Gasteiger partial charge on any atom is -0.378 e. The van der Waals surface area contributed by atoms with E-state index in [1.165, 1.54) is 0 Å². The average Bonchev–Trinajstić information content (AvgIpc) is 3.24. The Morgan fingerprint density at radius 3 is 2.75 bits per heavy atom. The molecule has 0 bridgehead atoms. The van der Waals surface area contributed by atoms with Crippen LogP contribution < -0.4 is 10.2 Å². The number of morpholine rings is 1. The van der Waals surface area contributed by atoms with Gasteiger partial charge in [-0.3, -0.25) is 4.79 Å². The van der Waals surface area contributed by atoms with E-state index < -0.39 is 0 Å². The second-order valence-electron chi connectivity index (χ2n) is 6.61. The fourth-order valence-corrected chi connectivity index (χ4v) is 3.23. The van der Waals surface area contributed by atoms with Crippen LogP contribution in [0.5, 0.6) is 0 Å². The zero-order chi connectivity index (χ0) is 19.2. The molecule has 1 aliphatic heterocycles. The van der Waals surface area contributed by atoms with Crippen molar-refractivity contribution in [2.45, 2.75) is 6.42 Å². The summed E-state index contributed by atoms with van der Waals surface area (Å²) in [6, 6.07) is 13.6. The molecule has 1 aliphatic rings. The predicted octanol–water partition coefficient (Wildman–Crippen LogP) is 2.08. The van der Waals surface area contributed by atoms with E-state index in [1.807, 2.05) is 53.5 Å². The Morgan fingerprint density at radius 2 is 1.93 bits per heavy atom. The van der Waals surface area contributed by atoms with Crippen LogP contribution in [-0.4, -0.2) is 53.5 Å². The molecule has 1 fully saturated rings. The fourth-order valence-electron chi connectivity index (χ4n) is 3.23. The summed E-state index contributed by atoms with van der Waals surface area (Å²) in [6.07, 6.45) is 6.26. The Balaban J connectivity index is 1.36. The van der Waals surface area contributed by atoms with Gasteiger partial charge in [0.1, 0.15) is 5.82 Å². The van der Waals surface area contributed by atoms with Crippen molar-refractivity contribution in [2.75, 3.05) is 37.7 Å². The smallest absolute Gasteiger partial charge is 0.255 e. The van der Waals surface area contributed by atoms with E-state index in [0.29, 0.717) is 31.7 Å². The number of amides is 1. The molecule has 3 aromatic rings. The lowest BCUT2D eigenvalue weighted by atomic mass is 10.2. The highest BCUT2D eigenvalue weighted by Crippen LogP contribution is 2.18. The van der Waals surface area contributed by atoms with Crippen molar-refractivity contribution in [3.8, 4) is 5.69 Å². The lowest BCUT2D eigenvalue weighted by Gasteiger charge is -2.29. The van der Waals surface area contributed by atoms with Crippen molar-refractivity contribution >= 4 is 11.7 Å². The maximum Gasteiger partial charge on any atom is 0.255 e. The molecule has 0 unspecified atom stereocenters. The van der Waals surface area contributed by atoms with E-state index in [2.05, 4.69) is 20.3 Å². The molecule has 1 amide bonds. The van der Waals surface area contributed by atoms with Crippen LogP contribution in [0.3, 0.4) is 0 Å². The zero-order valence-corrected chi connectivity index (χ0v) is 15.6. The van der Waals surface area contributed by atoms with Crippen molar-refractivity contribution < 1.29 is 9.53 Å². The first kappa shape index (κ1) is 18.2. The Kier molecular flexibility index (Phi) is 5.63. The van der Waals surface area contributed by atoms with Crippen LogP contribution in [0.1, 0.15) is 15.9 Å². The third-order valence-electron chi connectivity index (χ3n) is 4.70. The first-order valence-electron chi connectivity index (χ1n) is 9.46. The monoisotopic (exact) mass is 377 g/mol. The number of nitrogens with one attached hydrogen (secondary N) is 1. The van der Waals surface area contributed by atoms with E-state index >= 15 is 0 Å². The molecule has 1 N–H and O–H groups in total. The molecule has 0 spiro atoms. The van der Waals surface area contributed by atoms with E-state index in [9.17, 15) is 4.79 Å². The quantitative estimate of drug-likeness (QED) is 0.712. The molecule has 1 saturated heterocycles. The number of benzene rings is 1. The molecular weight excluding hydrogens is 354 g/mol. The summed E-state index contributed by atoms with van der Waals surface area (Å²) in [5, 5.41) is 7.40. The van der Waals surface area contributed by atoms with Gasteiger partial charge in [-0.2, -0.15) is 5.10 Å². The third kappa shape index (κ3) is 4.20. The highest BCUT2D eigenvalue weighted by molar-refractivity contribution is 5.98. The maximum absolute atomic E-state index is 12.7. The molecule has 28 heavy (non-hydrogen) atoms. The van der Waals surface area contributed by atoms with Gasteiger partial charge in [0.2, 0.25) is 0 Å². The summed E-state index contributed by atoms with van der Waals surface area (Å²) in [5.74, 6) is 0.616. The van der Waals surface area contributed by atoms with Crippen LogP contribution in [0.4, 0.5) is 5.82 Å². The van der Waals surface area contributed by atoms with Crippen LogP contribution in [0.25, 0.3) is 5.69 Å². The minimum atomic E-state index is -0.106. The number of rotatable bonds is 6. The van der Waals surface area contributed by atoms with Crippen molar-refractivity contribution in [3.63, 3.8) is 0 Å². The summed E-state index contributed by atoms with van der Waals surface area (Å²) in [7, 11) is 0. The highest BCUT2D eigenvalue weighted by Gasteiger charge is 2.19. The summed E-state index contributed by atoms with van der Waals surface area (Å²) in [6.45, 7) is 3.34. The number of nitrogens with zero attached hydrogens (tertiary/aromatic N) is 4.